The number of pyridine rings is 1. The molecule has 1 aromatic heterocycles. The quantitative estimate of drug-likeness (QED) is 0.823. The van der Waals surface area contributed by atoms with Gasteiger partial charge in [-0.2, -0.15) is 0 Å². The Morgan fingerprint density at radius 3 is 2.45 bits per heavy atom. The fourth-order valence-electron chi connectivity index (χ4n) is 1.68. The van der Waals surface area contributed by atoms with E-state index in [0.29, 0.717) is 6.54 Å². The summed E-state index contributed by atoms with van der Waals surface area (Å²) in [4.78, 5) is 27.4. The largest absolute Gasteiger partial charge is 0.350 e. The number of aromatic nitrogens is 1. The second-order valence-electron chi connectivity index (χ2n) is 4.41. The molecule has 1 heterocycles. The summed E-state index contributed by atoms with van der Waals surface area (Å²) in [5.74, 6) is -0.863. The van der Waals surface area contributed by atoms with E-state index >= 15 is 0 Å². The Kier molecular flexibility index (Phi) is 5.75. The molecule has 114 valence electrons. The van der Waals surface area contributed by atoms with Crippen LogP contribution in [-0.4, -0.2) is 23.3 Å². The van der Waals surface area contributed by atoms with Gasteiger partial charge in [-0.05, 0) is 17.7 Å². The Balaban J connectivity index is 1.83. The standard InChI is InChI=1S/C15H13Cl2N3O2/c16-11-6-7-12(17)20-14(11)15(22)19-9-13(21)18-8-10-4-2-1-3-5-10/h1-7H,8-9H2,(H,18,21)(H,19,22). The molecule has 2 N–H and O–H groups in total. The molecule has 0 spiro atoms. The minimum absolute atomic E-state index is 0.00924. The average molecular weight is 338 g/mol. The Morgan fingerprint density at radius 2 is 1.73 bits per heavy atom. The molecule has 7 heteroatoms. The first-order valence-corrected chi connectivity index (χ1v) is 7.22. The van der Waals surface area contributed by atoms with Crippen LogP contribution in [0, 0.1) is 0 Å². The highest BCUT2D eigenvalue weighted by Crippen LogP contribution is 2.16. The molecule has 0 unspecified atom stereocenters. The Bertz CT molecular complexity index is 678. The Labute approximate surface area is 137 Å². The number of amides is 2. The van der Waals surface area contributed by atoms with E-state index in [9.17, 15) is 9.59 Å². The molecule has 2 aromatic rings. The van der Waals surface area contributed by atoms with Crippen LogP contribution in [-0.2, 0) is 11.3 Å². The monoisotopic (exact) mass is 337 g/mol. The van der Waals surface area contributed by atoms with Crippen molar-refractivity contribution in [2.24, 2.45) is 0 Å². The van der Waals surface area contributed by atoms with Crippen molar-refractivity contribution in [1.29, 1.82) is 0 Å². The van der Waals surface area contributed by atoms with Crippen molar-refractivity contribution in [1.82, 2.24) is 15.6 Å². The molecule has 0 radical (unpaired) electrons. The maximum Gasteiger partial charge on any atom is 0.271 e. The van der Waals surface area contributed by atoms with Crippen LogP contribution >= 0.6 is 23.2 Å². The van der Waals surface area contributed by atoms with Gasteiger partial charge < -0.3 is 10.6 Å². The molecule has 0 aliphatic heterocycles. The second-order valence-corrected chi connectivity index (χ2v) is 5.20. The van der Waals surface area contributed by atoms with Crippen molar-refractivity contribution in [3.63, 3.8) is 0 Å². The Hall–Kier alpha value is -2.11. The first-order valence-electron chi connectivity index (χ1n) is 6.47. The minimum atomic E-state index is -0.553. The number of hydrogen-bond acceptors (Lipinski definition) is 3. The number of benzene rings is 1. The van der Waals surface area contributed by atoms with Crippen LogP contribution in [0.2, 0.25) is 10.2 Å². The van der Waals surface area contributed by atoms with Crippen molar-refractivity contribution >= 4 is 35.0 Å². The normalized spacial score (nSPS) is 10.1. The summed E-state index contributed by atoms with van der Waals surface area (Å²) in [5.41, 5.74) is 0.965. The Morgan fingerprint density at radius 1 is 1.00 bits per heavy atom. The fourth-order valence-corrected chi connectivity index (χ4v) is 2.02. The SMILES string of the molecule is O=C(CNC(=O)c1nc(Cl)ccc1Cl)NCc1ccccc1. The van der Waals surface area contributed by atoms with Crippen LogP contribution in [0.25, 0.3) is 0 Å². The highest BCUT2D eigenvalue weighted by atomic mass is 35.5. The lowest BCUT2D eigenvalue weighted by Crippen LogP contribution is -2.37. The maximum atomic E-state index is 11.9. The summed E-state index contributed by atoms with van der Waals surface area (Å²) in [6.45, 7) is 0.224. The summed E-state index contributed by atoms with van der Waals surface area (Å²) < 4.78 is 0. The zero-order valence-electron chi connectivity index (χ0n) is 11.5. The smallest absolute Gasteiger partial charge is 0.271 e. The zero-order valence-corrected chi connectivity index (χ0v) is 13.0. The summed E-state index contributed by atoms with van der Waals surface area (Å²) in [5, 5.41) is 5.47. The van der Waals surface area contributed by atoms with E-state index in [2.05, 4.69) is 15.6 Å². The summed E-state index contributed by atoms with van der Waals surface area (Å²) in [6, 6.07) is 12.4. The van der Waals surface area contributed by atoms with E-state index < -0.39 is 5.91 Å². The lowest BCUT2D eigenvalue weighted by Gasteiger charge is -2.07. The molecule has 0 saturated heterocycles. The summed E-state index contributed by atoms with van der Waals surface area (Å²) in [6.07, 6.45) is 0. The number of rotatable bonds is 5. The number of hydrogen-bond donors (Lipinski definition) is 2. The zero-order chi connectivity index (χ0) is 15.9. The van der Waals surface area contributed by atoms with Crippen molar-refractivity contribution < 1.29 is 9.59 Å². The third kappa shape index (κ3) is 4.72. The highest BCUT2D eigenvalue weighted by Gasteiger charge is 2.13. The summed E-state index contributed by atoms with van der Waals surface area (Å²) >= 11 is 11.6. The van der Waals surface area contributed by atoms with Gasteiger partial charge in [0.15, 0.2) is 0 Å². The van der Waals surface area contributed by atoms with Crippen molar-refractivity contribution in [2.45, 2.75) is 6.54 Å². The van der Waals surface area contributed by atoms with Crippen LogP contribution < -0.4 is 10.6 Å². The highest BCUT2D eigenvalue weighted by molar-refractivity contribution is 6.34. The molecule has 0 saturated carbocycles. The lowest BCUT2D eigenvalue weighted by atomic mass is 10.2. The van der Waals surface area contributed by atoms with Gasteiger partial charge in [-0.15, -0.1) is 0 Å². The van der Waals surface area contributed by atoms with E-state index in [-0.39, 0.29) is 28.3 Å². The molecule has 0 aliphatic carbocycles. The maximum absolute atomic E-state index is 11.9. The topological polar surface area (TPSA) is 71.1 Å². The first kappa shape index (κ1) is 16.3. The van der Waals surface area contributed by atoms with Crippen LogP contribution in [0.5, 0.6) is 0 Å². The van der Waals surface area contributed by atoms with Crippen LogP contribution in [0.15, 0.2) is 42.5 Å². The van der Waals surface area contributed by atoms with Crippen LogP contribution in [0.3, 0.4) is 0 Å². The lowest BCUT2D eigenvalue weighted by molar-refractivity contribution is -0.120. The van der Waals surface area contributed by atoms with Gasteiger partial charge >= 0.3 is 0 Å². The third-order valence-electron chi connectivity index (χ3n) is 2.77. The molecular formula is C15H13Cl2N3O2. The number of halogens is 2. The predicted octanol–water partition coefficient (Wildman–Crippen LogP) is 2.43. The van der Waals surface area contributed by atoms with Gasteiger partial charge in [0, 0.05) is 6.54 Å². The number of nitrogens with one attached hydrogen (secondary N) is 2. The molecule has 0 atom stereocenters. The molecule has 0 fully saturated rings. The molecule has 2 amide bonds. The van der Waals surface area contributed by atoms with Gasteiger partial charge in [-0.3, -0.25) is 9.59 Å². The number of carbonyl (C=O) groups is 2. The van der Waals surface area contributed by atoms with Crippen LogP contribution in [0.1, 0.15) is 16.1 Å². The molecule has 5 nitrogen and oxygen atoms in total. The van der Waals surface area contributed by atoms with E-state index in [1.54, 1.807) is 0 Å². The van der Waals surface area contributed by atoms with Gasteiger partial charge in [-0.1, -0.05) is 53.5 Å². The molecule has 0 aliphatic rings. The minimum Gasteiger partial charge on any atom is -0.350 e. The number of nitrogens with zero attached hydrogens (tertiary/aromatic N) is 1. The number of carbonyl (C=O) groups excluding carboxylic acids is 2. The van der Waals surface area contributed by atoms with Crippen molar-refractivity contribution in [2.75, 3.05) is 6.54 Å². The summed E-state index contributed by atoms with van der Waals surface area (Å²) in [7, 11) is 0. The van der Waals surface area contributed by atoms with Gasteiger partial charge in [0.1, 0.15) is 10.8 Å². The second kappa shape index (κ2) is 7.77. The van der Waals surface area contributed by atoms with Gasteiger partial charge in [-0.25, -0.2) is 4.98 Å². The van der Waals surface area contributed by atoms with Crippen molar-refractivity contribution in [3.8, 4) is 0 Å². The van der Waals surface area contributed by atoms with Gasteiger partial charge in [0.05, 0.1) is 11.6 Å². The molecule has 2 rings (SSSR count). The van der Waals surface area contributed by atoms with Gasteiger partial charge in [0.25, 0.3) is 5.91 Å². The van der Waals surface area contributed by atoms with E-state index in [1.807, 2.05) is 30.3 Å². The third-order valence-corrected chi connectivity index (χ3v) is 3.28. The molecule has 1 aromatic carbocycles. The predicted molar refractivity (Wildman–Crippen MR) is 84.9 cm³/mol. The van der Waals surface area contributed by atoms with Crippen molar-refractivity contribution in [3.05, 3.63) is 63.9 Å². The first-order chi connectivity index (χ1) is 10.6. The average Bonchev–Trinajstić information content (AvgIpc) is 2.54. The van der Waals surface area contributed by atoms with E-state index in [1.165, 1.54) is 12.1 Å². The molecular weight excluding hydrogens is 325 g/mol. The molecule has 0 bridgehead atoms. The fraction of sp³-hybridized carbons (Fsp3) is 0.133. The van der Waals surface area contributed by atoms with Gasteiger partial charge in [0.2, 0.25) is 5.91 Å². The van der Waals surface area contributed by atoms with Crippen LogP contribution in [0.4, 0.5) is 0 Å². The molecule has 22 heavy (non-hydrogen) atoms. The van der Waals surface area contributed by atoms with E-state index in [4.69, 9.17) is 23.2 Å². The van der Waals surface area contributed by atoms with E-state index in [0.717, 1.165) is 5.56 Å².